The lowest BCUT2D eigenvalue weighted by Crippen LogP contribution is -2.39. The molecule has 27 heavy (non-hydrogen) atoms. The SMILES string of the molecule is CCNC(=NCC(C)(C)c1ccccc1Br)NCCCOCC1CCOC1. The van der Waals surface area contributed by atoms with Crippen molar-refractivity contribution < 1.29 is 9.47 Å². The van der Waals surface area contributed by atoms with Crippen molar-refractivity contribution in [1.82, 2.24) is 10.6 Å². The summed E-state index contributed by atoms with van der Waals surface area (Å²) in [6.45, 7) is 12.3. The summed E-state index contributed by atoms with van der Waals surface area (Å²) in [6.07, 6.45) is 2.09. The molecule has 0 aromatic heterocycles. The van der Waals surface area contributed by atoms with E-state index in [0.717, 1.165) is 62.8 Å². The quantitative estimate of drug-likeness (QED) is 0.331. The van der Waals surface area contributed by atoms with E-state index in [1.165, 1.54) is 5.56 Å². The Bertz CT molecular complexity index is 587. The maximum atomic E-state index is 5.76. The van der Waals surface area contributed by atoms with Gasteiger partial charge in [0.05, 0.1) is 19.8 Å². The lowest BCUT2D eigenvalue weighted by molar-refractivity contribution is 0.0888. The normalized spacial score (nSPS) is 17.9. The van der Waals surface area contributed by atoms with E-state index in [0.29, 0.717) is 12.5 Å². The predicted molar refractivity (Wildman–Crippen MR) is 116 cm³/mol. The zero-order valence-corrected chi connectivity index (χ0v) is 18.5. The third-order valence-electron chi connectivity index (χ3n) is 4.72. The number of aliphatic imine (C=N–C) groups is 1. The summed E-state index contributed by atoms with van der Waals surface area (Å²) >= 11 is 3.66. The Hall–Kier alpha value is -1.11. The molecule has 1 unspecified atom stereocenters. The first-order chi connectivity index (χ1) is 13.0. The largest absolute Gasteiger partial charge is 0.381 e. The van der Waals surface area contributed by atoms with Crippen molar-refractivity contribution >= 4 is 21.9 Å². The van der Waals surface area contributed by atoms with Crippen molar-refractivity contribution in [3.8, 4) is 0 Å². The van der Waals surface area contributed by atoms with Gasteiger partial charge in [-0.2, -0.15) is 0 Å². The zero-order valence-electron chi connectivity index (χ0n) is 16.9. The molecule has 1 aromatic carbocycles. The van der Waals surface area contributed by atoms with Crippen molar-refractivity contribution in [2.75, 3.05) is 46.1 Å². The van der Waals surface area contributed by atoms with Crippen LogP contribution < -0.4 is 10.6 Å². The van der Waals surface area contributed by atoms with Crippen LogP contribution in [-0.2, 0) is 14.9 Å². The molecule has 1 heterocycles. The smallest absolute Gasteiger partial charge is 0.191 e. The number of rotatable bonds is 10. The van der Waals surface area contributed by atoms with Gasteiger partial charge in [0.15, 0.2) is 5.96 Å². The molecule has 2 N–H and O–H groups in total. The van der Waals surface area contributed by atoms with Crippen LogP contribution in [0.1, 0.15) is 39.2 Å². The summed E-state index contributed by atoms with van der Waals surface area (Å²) < 4.78 is 12.3. The van der Waals surface area contributed by atoms with Crippen LogP contribution in [0.3, 0.4) is 0 Å². The second kappa shape index (κ2) is 11.7. The van der Waals surface area contributed by atoms with Gasteiger partial charge >= 0.3 is 0 Å². The molecule has 5 nitrogen and oxygen atoms in total. The number of guanidine groups is 1. The van der Waals surface area contributed by atoms with Gasteiger partial charge in [-0.15, -0.1) is 0 Å². The summed E-state index contributed by atoms with van der Waals surface area (Å²) in [5, 5.41) is 6.74. The van der Waals surface area contributed by atoms with Crippen LogP contribution in [0.2, 0.25) is 0 Å². The Morgan fingerprint density at radius 3 is 2.85 bits per heavy atom. The van der Waals surface area contributed by atoms with Crippen molar-refractivity contribution in [2.24, 2.45) is 10.9 Å². The Morgan fingerprint density at radius 2 is 2.15 bits per heavy atom. The lowest BCUT2D eigenvalue weighted by atomic mass is 9.85. The van der Waals surface area contributed by atoms with E-state index in [2.05, 4.69) is 65.5 Å². The average Bonchev–Trinajstić information content (AvgIpc) is 3.16. The van der Waals surface area contributed by atoms with Gasteiger partial charge in [0.1, 0.15) is 0 Å². The summed E-state index contributed by atoms with van der Waals surface area (Å²) in [6, 6.07) is 8.36. The topological polar surface area (TPSA) is 54.9 Å². The second-order valence-electron chi connectivity index (χ2n) is 7.64. The number of hydrogen-bond acceptors (Lipinski definition) is 3. The molecule has 2 rings (SSSR count). The van der Waals surface area contributed by atoms with Gasteiger partial charge in [-0.3, -0.25) is 4.99 Å². The second-order valence-corrected chi connectivity index (χ2v) is 8.50. The number of halogens is 1. The lowest BCUT2D eigenvalue weighted by Gasteiger charge is -2.25. The van der Waals surface area contributed by atoms with E-state index in [9.17, 15) is 0 Å². The molecule has 1 fully saturated rings. The molecule has 6 heteroatoms. The molecule has 1 aromatic rings. The molecule has 1 atom stereocenters. The number of nitrogens with one attached hydrogen (secondary N) is 2. The summed E-state index contributed by atoms with van der Waals surface area (Å²) in [4.78, 5) is 4.80. The highest BCUT2D eigenvalue weighted by Gasteiger charge is 2.22. The fourth-order valence-corrected chi connectivity index (χ4v) is 3.88. The molecular weight excluding hydrogens is 406 g/mol. The highest BCUT2D eigenvalue weighted by Crippen LogP contribution is 2.30. The summed E-state index contributed by atoms with van der Waals surface area (Å²) in [5.74, 6) is 1.44. The number of ether oxygens (including phenoxy) is 2. The van der Waals surface area contributed by atoms with Gasteiger partial charge in [-0.1, -0.05) is 48.0 Å². The molecule has 0 bridgehead atoms. The summed E-state index contributed by atoms with van der Waals surface area (Å²) in [5.41, 5.74) is 1.23. The van der Waals surface area contributed by atoms with Crippen molar-refractivity contribution in [1.29, 1.82) is 0 Å². The van der Waals surface area contributed by atoms with Gasteiger partial charge in [-0.05, 0) is 31.4 Å². The molecule has 1 saturated heterocycles. The van der Waals surface area contributed by atoms with Crippen molar-refractivity contribution in [2.45, 2.75) is 39.0 Å². The highest BCUT2D eigenvalue weighted by molar-refractivity contribution is 9.10. The van der Waals surface area contributed by atoms with Crippen molar-refractivity contribution in [3.05, 3.63) is 34.3 Å². The van der Waals surface area contributed by atoms with Gasteiger partial charge < -0.3 is 20.1 Å². The molecule has 0 amide bonds. The minimum atomic E-state index is -0.0467. The molecule has 0 spiro atoms. The standard InChI is InChI=1S/C21H34BrN3O2/c1-4-23-20(24-11-7-12-26-14-17-10-13-27-15-17)25-16-21(2,3)18-8-5-6-9-19(18)22/h5-6,8-9,17H,4,7,10-16H2,1-3H3,(H2,23,24,25). The van der Waals surface area contributed by atoms with Gasteiger partial charge in [0.2, 0.25) is 0 Å². The minimum Gasteiger partial charge on any atom is -0.381 e. The van der Waals surface area contributed by atoms with E-state index in [-0.39, 0.29) is 5.41 Å². The van der Waals surface area contributed by atoms with Gasteiger partial charge in [-0.25, -0.2) is 0 Å². The van der Waals surface area contributed by atoms with E-state index >= 15 is 0 Å². The third-order valence-corrected chi connectivity index (χ3v) is 5.41. The molecule has 152 valence electrons. The number of benzene rings is 1. The minimum absolute atomic E-state index is 0.0467. The van der Waals surface area contributed by atoms with Crippen LogP contribution in [0.4, 0.5) is 0 Å². The number of hydrogen-bond donors (Lipinski definition) is 2. The Balaban J connectivity index is 1.75. The zero-order chi connectivity index (χ0) is 19.5. The monoisotopic (exact) mass is 439 g/mol. The maximum Gasteiger partial charge on any atom is 0.191 e. The first kappa shape index (κ1) is 22.2. The van der Waals surface area contributed by atoms with Crippen LogP contribution in [0.25, 0.3) is 0 Å². The molecular formula is C21H34BrN3O2. The molecule has 1 aliphatic heterocycles. The van der Waals surface area contributed by atoms with E-state index in [1.54, 1.807) is 0 Å². The highest BCUT2D eigenvalue weighted by atomic mass is 79.9. The van der Waals surface area contributed by atoms with Crippen LogP contribution in [0.15, 0.2) is 33.7 Å². The third kappa shape index (κ3) is 7.80. The maximum absolute atomic E-state index is 5.76. The Morgan fingerprint density at radius 1 is 1.33 bits per heavy atom. The number of nitrogens with zero attached hydrogens (tertiary/aromatic N) is 1. The Labute approximate surface area is 172 Å². The van der Waals surface area contributed by atoms with E-state index < -0.39 is 0 Å². The Kier molecular flexibility index (Phi) is 9.59. The first-order valence-electron chi connectivity index (χ1n) is 9.95. The molecule has 0 aliphatic carbocycles. The molecule has 0 radical (unpaired) electrons. The van der Waals surface area contributed by atoms with Crippen LogP contribution in [0.5, 0.6) is 0 Å². The van der Waals surface area contributed by atoms with Crippen LogP contribution in [0, 0.1) is 5.92 Å². The molecule has 1 aliphatic rings. The summed E-state index contributed by atoms with van der Waals surface area (Å²) in [7, 11) is 0. The van der Waals surface area contributed by atoms with Crippen LogP contribution in [-0.4, -0.2) is 52.0 Å². The predicted octanol–water partition coefficient (Wildman–Crippen LogP) is 3.73. The average molecular weight is 440 g/mol. The first-order valence-corrected chi connectivity index (χ1v) is 10.7. The van der Waals surface area contributed by atoms with Crippen LogP contribution >= 0.6 is 15.9 Å². The molecule has 0 saturated carbocycles. The van der Waals surface area contributed by atoms with Crippen molar-refractivity contribution in [3.63, 3.8) is 0 Å². The van der Waals surface area contributed by atoms with Gasteiger partial charge in [0, 0.05) is 42.1 Å². The van der Waals surface area contributed by atoms with E-state index in [1.807, 2.05) is 6.07 Å². The van der Waals surface area contributed by atoms with Gasteiger partial charge in [0.25, 0.3) is 0 Å². The van der Waals surface area contributed by atoms with E-state index in [4.69, 9.17) is 14.5 Å². The fourth-order valence-electron chi connectivity index (χ4n) is 3.06. The fraction of sp³-hybridized carbons (Fsp3) is 0.667.